The molecule has 7 heteroatoms. The van der Waals surface area contributed by atoms with Crippen LogP contribution in [0.15, 0.2) is 42.2 Å². The van der Waals surface area contributed by atoms with Crippen LogP contribution in [0.1, 0.15) is 29.8 Å². The molecule has 1 heterocycles. The molecule has 0 aliphatic carbocycles. The third-order valence-electron chi connectivity index (χ3n) is 4.60. The van der Waals surface area contributed by atoms with Gasteiger partial charge in [-0.15, -0.1) is 0 Å². The third kappa shape index (κ3) is 4.18. The topological polar surface area (TPSA) is 74.3 Å². The Balaban J connectivity index is 1.84. The number of rotatable bonds is 6. The number of hydrogen-bond donors (Lipinski definition) is 0. The Hall–Kier alpha value is -3.48. The number of ether oxygens (including phenoxy) is 4. The van der Waals surface area contributed by atoms with Gasteiger partial charge in [0.25, 0.3) is 0 Å². The highest BCUT2D eigenvalue weighted by atomic mass is 16.6. The smallest absolute Gasteiger partial charge is 0.415 e. The monoisotopic (exact) mass is 397 g/mol. The van der Waals surface area contributed by atoms with Crippen molar-refractivity contribution in [2.24, 2.45) is 0 Å². The molecule has 29 heavy (non-hydrogen) atoms. The predicted molar refractivity (Wildman–Crippen MR) is 108 cm³/mol. The largest absolute Gasteiger partial charge is 0.497 e. The first-order valence-electron chi connectivity index (χ1n) is 9.27. The maximum absolute atomic E-state index is 12.7. The fourth-order valence-electron chi connectivity index (χ4n) is 2.96. The van der Waals surface area contributed by atoms with E-state index in [-0.39, 0.29) is 11.5 Å². The standard InChI is InChI=1S/C22H23NO6/c1-5-23(6-2)22(25)28-16-9-10-17-19(13-16)29-20(21(17)24)11-14-7-8-15(26-3)12-18(14)27-4/h7-13H,5-6H2,1-4H3/b20-11-. The van der Waals surface area contributed by atoms with Crippen molar-refractivity contribution in [3.63, 3.8) is 0 Å². The number of fused-ring (bicyclic) bond motifs is 1. The Bertz CT molecular complexity index is 962. The number of allylic oxidation sites excluding steroid dienone is 1. The van der Waals surface area contributed by atoms with Crippen LogP contribution < -0.4 is 18.9 Å². The maximum atomic E-state index is 12.7. The Morgan fingerprint density at radius 3 is 2.41 bits per heavy atom. The number of amides is 1. The number of benzene rings is 2. The van der Waals surface area contributed by atoms with Crippen LogP contribution in [0.5, 0.6) is 23.0 Å². The average Bonchev–Trinajstić information content (AvgIpc) is 3.04. The number of carbonyl (C=O) groups is 2. The number of Topliss-reactive ketones (excluding diaryl/α,β-unsaturated/α-hetero) is 1. The fraction of sp³-hybridized carbons (Fsp3) is 0.273. The second-order valence-corrected chi connectivity index (χ2v) is 6.25. The van der Waals surface area contributed by atoms with E-state index in [1.54, 1.807) is 61.6 Å². The number of ketones is 1. The number of nitrogens with zero attached hydrogens (tertiary/aromatic N) is 1. The molecule has 0 atom stereocenters. The third-order valence-corrected chi connectivity index (χ3v) is 4.60. The van der Waals surface area contributed by atoms with E-state index in [4.69, 9.17) is 18.9 Å². The number of carbonyl (C=O) groups excluding carboxylic acids is 2. The SMILES string of the molecule is CCN(CC)C(=O)Oc1ccc2c(c1)O/C(=C\c1ccc(OC)cc1OC)C2=O. The molecule has 1 amide bonds. The van der Waals surface area contributed by atoms with Gasteiger partial charge in [-0.1, -0.05) is 0 Å². The molecule has 0 radical (unpaired) electrons. The molecular weight excluding hydrogens is 374 g/mol. The van der Waals surface area contributed by atoms with E-state index in [0.717, 1.165) is 0 Å². The lowest BCUT2D eigenvalue weighted by molar-refractivity contribution is 0.101. The highest BCUT2D eigenvalue weighted by Crippen LogP contribution is 2.36. The van der Waals surface area contributed by atoms with Crippen molar-refractivity contribution < 1.29 is 28.5 Å². The lowest BCUT2D eigenvalue weighted by Gasteiger charge is -2.17. The van der Waals surface area contributed by atoms with Gasteiger partial charge in [0.05, 0.1) is 19.8 Å². The first-order valence-corrected chi connectivity index (χ1v) is 9.27. The van der Waals surface area contributed by atoms with Crippen LogP contribution in [-0.2, 0) is 0 Å². The molecule has 0 N–H and O–H groups in total. The number of hydrogen-bond acceptors (Lipinski definition) is 6. The van der Waals surface area contributed by atoms with E-state index in [1.165, 1.54) is 0 Å². The zero-order valence-electron chi connectivity index (χ0n) is 16.9. The summed E-state index contributed by atoms with van der Waals surface area (Å²) in [6.07, 6.45) is 1.17. The average molecular weight is 397 g/mol. The summed E-state index contributed by atoms with van der Waals surface area (Å²) < 4.78 is 21.7. The maximum Gasteiger partial charge on any atom is 0.415 e. The van der Waals surface area contributed by atoms with Crippen molar-refractivity contribution in [3.8, 4) is 23.0 Å². The molecule has 0 spiro atoms. The van der Waals surface area contributed by atoms with Crippen LogP contribution in [0, 0.1) is 0 Å². The molecule has 2 aromatic carbocycles. The highest BCUT2D eigenvalue weighted by molar-refractivity contribution is 6.14. The number of methoxy groups -OCH3 is 2. The Morgan fingerprint density at radius 2 is 1.76 bits per heavy atom. The second kappa shape index (κ2) is 8.68. The van der Waals surface area contributed by atoms with Gasteiger partial charge in [0, 0.05) is 30.8 Å². The summed E-state index contributed by atoms with van der Waals surface area (Å²) in [5.74, 6) is 1.77. The minimum Gasteiger partial charge on any atom is -0.497 e. The van der Waals surface area contributed by atoms with Crippen molar-refractivity contribution in [2.45, 2.75) is 13.8 Å². The van der Waals surface area contributed by atoms with Crippen LogP contribution in [0.2, 0.25) is 0 Å². The molecule has 1 aliphatic heterocycles. The van der Waals surface area contributed by atoms with Crippen molar-refractivity contribution in [1.29, 1.82) is 0 Å². The van der Waals surface area contributed by atoms with Crippen LogP contribution in [0.25, 0.3) is 6.08 Å². The summed E-state index contributed by atoms with van der Waals surface area (Å²) in [5.41, 5.74) is 1.09. The molecular formula is C22H23NO6. The summed E-state index contributed by atoms with van der Waals surface area (Å²) in [6.45, 7) is 4.84. The van der Waals surface area contributed by atoms with Crippen LogP contribution in [-0.4, -0.2) is 44.1 Å². The molecule has 2 aromatic rings. The van der Waals surface area contributed by atoms with Crippen molar-refractivity contribution in [1.82, 2.24) is 4.90 Å². The lowest BCUT2D eigenvalue weighted by atomic mass is 10.1. The summed E-state index contributed by atoms with van der Waals surface area (Å²) in [7, 11) is 3.11. The molecule has 0 unspecified atom stereocenters. The molecule has 0 bridgehead atoms. The molecule has 0 saturated heterocycles. The molecule has 7 nitrogen and oxygen atoms in total. The van der Waals surface area contributed by atoms with E-state index < -0.39 is 6.09 Å². The molecule has 0 saturated carbocycles. The minimum absolute atomic E-state index is 0.163. The molecule has 3 rings (SSSR count). The molecule has 0 fully saturated rings. The summed E-state index contributed by atoms with van der Waals surface area (Å²) in [6, 6.07) is 9.99. The molecule has 1 aliphatic rings. The van der Waals surface area contributed by atoms with Gasteiger partial charge in [0.2, 0.25) is 5.78 Å². The van der Waals surface area contributed by atoms with E-state index in [0.29, 0.717) is 47.2 Å². The van der Waals surface area contributed by atoms with Gasteiger partial charge in [0.1, 0.15) is 23.0 Å². The van der Waals surface area contributed by atoms with Crippen molar-refractivity contribution >= 4 is 18.0 Å². The first kappa shape index (κ1) is 20.3. The second-order valence-electron chi connectivity index (χ2n) is 6.25. The molecule has 152 valence electrons. The van der Waals surface area contributed by atoms with E-state index in [1.807, 2.05) is 13.8 Å². The summed E-state index contributed by atoms with van der Waals surface area (Å²) in [5, 5.41) is 0. The Labute approximate surface area is 169 Å². The van der Waals surface area contributed by atoms with Gasteiger partial charge in [-0.2, -0.15) is 0 Å². The quantitative estimate of drug-likeness (QED) is 0.682. The fourth-order valence-corrected chi connectivity index (χ4v) is 2.96. The Morgan fingerprint density at radius 1 is 1.03 bits per heavy atom. The van der Waals surface area contributed by atoms with Crippen LogP contribution in [0.4, 0.5) is 4.79 Å². The Kier molecular flexibility index (Phi) is 6.07. The zero-order chi connectivity index (χ0) is 21.0. The van der Waals surface area contributed by atoms with Gasteiger partial charge in [-0.3, -0.25) is 4.79 Å². The van der Waals surface area contributed by atoms with Gasteiger partial charge in [0.15, 0.2) is 5.76 Å². The summed E-state index contributed by atoms with van der Waals surface area (Å²) in [4.78, 5) is 26.4. The van der Waals surface area contributed by atoms with Crippen LogP contribution in [0.3, 0.4) is 0 Å². The zero-order valence-corrected chi connectivity index (χ0v) is 16.9. The lowest BCUT2D eigenvalue weighted by Crippen LogP contribution is -2.33. The highest BCUT2D eigenvalue weighted by Gasteiger charge is 2.28. The van der Waals surface area contributed by atoms with E-state index >= 15 is 0 Å². The van der Waals surface area contributed by atoms with E-state index in [9.17, 15) is 9.59 Å². The van der Waals surface area contributed by atoms with Crippen molar-refractivity contribution in [2.75, 3.05) is 27.3 Å². The van der Waals surface area contributed by atoms with Gasteiger partial charge < -0.3 is 23.8 Å². The van der Waals surface area contributed by atoms with Gasteiger partial charge in [-0.05, 0) is 44.2 Å². The summed E-state index contributed by atoms with van der Waals surface area (Å²) >= 11 is 0. The molecule has 0 aromatic heterocycles. The minimum atomic E-state index is -0.446. The van der Waals surface area contributed by atoms with Gasteiger partial charge in [-0.25, -0.2) is 4.79 Å². The van der Waals surface area contributed by atoms with Crippen molar-refractivity contribution in [3.05, 3.63) is 53.3 Å². The normalized spacial score (nSPS) is 13.7. The predicted octanol–water partition coefficient (Wildman–Crippen LogP) is 4.16. The van der Waals surface area contributed by atoms with E-state index in [2.05, 4.69) is 0 Å². The van der Waals surface area contributed by atoms with Crippen LogP contribution >= 0.6 is 0 Å². The van der Waals surface area contributed by atoms with Gasteiger partial charge >= 0.3 is 6.09 Å². The first-order chi connectivity index (χ1) is 14.0.